The zero-order valence-electron chi connectivity index (χ0n) is 18.5. The lowest BCUT2D eigenvalue weighted by Crippen LogP contribution is -2.50. The number of carbonyl (C=O) groups excluding carboxylic acids is 1. The standard InChI is InChI=1S/C23H29ClN6O3/c1-22(20(32)26-12-4-5-12)8-13-16(23(13,33)19(22)31)30-9-25-15-17(28-21(24)29-18(15)30)27-14-7-10-2-3-11(14)6-10/h9-14,16,19,31,33H,2-8H2,1H3,(H,26,32)(H,27,28,29)/t10?,11?,13-,14?,16+,19+,22?,23+/m0/s1. The van der Waals surface area contributed by atoms with Crippen LogP contribution >= 0.6 is 11.6 Å². The van der Waals surface area contributed by atoms with Crippen LogP contribution in [-0.4, -0.2) is 59.4 Å². The molecule has 0 aromatic carbocycles. The molecule has 0 aliphatic heterocycles. The summed E-state index contributed by atoms with van der Waals surface area (Å²) in [6, 6.07) is 0.182. The molecular weight excluding hydrogens is 444 g/mol. The minimum atomic E-state index is -1.39. The van der Waals surface area contributed by atoms with Crippen LogP contribution in [0.5, 0.6) is 0 Å². The highest BCUT2D eigenvalue weighted by molar-refractivity contribution is 6.28. The Morgan fingerprint density at radius 1 is 1.24 bits per heavy atom. The van der Waals surface area contributed by atoms with Crippen LogP contribution in [0, 0.1) is 23.2 Å². The predicted octanol–water partition coefficient (Wildman–Crippen LogP) is 2.03. The molecule has 7 rings (SSSR count). The summed E-state index contributed by atoms with van der Waals surface area (Å²) >= 11 is 6.30. The second kappa shape index (κ2) is 6.58. The molecule has 5 fully saturated rings. The largest absolute Gasteiger partial charge is 0.389 e. The summed E-state index contributed by atoms with van der Waals surface area (Å²) in [4.78, 5) is 26.2. The second-order valence-electron chi connectivity index (χ2n) is 11.3. The molecule has 2 heterocycles. The number of fused-ring (bicyclic) bond motifs is 4. The highest BCUT2D eigenvalue weighted by atomic mass is 35.5. The van der Waals surface area contributed by atoms with Crippen molar-refractivity contribution in [2.45, 2.75) is 81.7 Å². The van der Waals surface area contributed by atoms with Gasteiger partial charge in [0.15, 0.2) is 17.0 Å². The highest BCUT2D eigenvalue weighted by Gasteiger charge is 2.79. The predicted molar refractivity (Wildman–Crippen MR) is 121 cm³/mol. The molecule has 0 radical (unpaired) electrons. The number of anilines is 1. The van der Waals surface area contributed by atoms with Crippen LogP contribution in [0.25, 0.3) is 11.2 Å². The Kier molecular flexibility index (Phi) is 4.07. The number of nitrogens with one attached hydrogen (secondary N) is 2. The van der Waals surface area contributed by atoms with E-state index in [1.54, 1.807) is 17.8 Å². The number of nitrogens with zero attached hydrogens (tertiary/aromatic N) is 4. The van der Waals surface area contributed by atoms with Gasteiger partial charge >= 0.3 is 0 Å². The van der Waals surface area contributed by atoms with Gasteiger partial charge < -0.3 is 25.4 Å². The van der Waals surface area contributed by atoms with Gasteiger partial charge in [0.1, 0.15) is 5.60 Å². The number of aromatic nitrogens is 4. The van der Waals surface area contributed by atoms with E-state index in [4.69, 9.17) is 11.6 Å². The Balaban J connectivity index is 1.17. The quantitative estimate of drug-likeness (QED) is 0.490. The Morgan fingerprint density at radius 3 is 2.70 bits per heavy atom. The number of hydrogen-bond acceptors (Lipinski definition) is 7. The van der Waals surface area contributed by atoms with Crippen LogP contribution in [0.1, 0.15) is 57.9 Å². The van der Waals surface area contributed by atoms with E-state index in [0.717, 1.165) is 25.2 Å². The lowest BCUT2D eigenvalue weighted by Gasteiger charge is -2.32. The third-order valence-electron chi connectivity index (χ3n) is 9.21. The maximum absolute atomic E-state index is 12.8. The van der Waals surface area contributed by atoms with Crippen molar-refractivity contribution in [2.75, 3.05) is 5.32 Å². The Hall–Kier alpha value is -1.97. The van der Waals surface area contributed by atoms with Crippen molar-refractivity contribution in [3.05, 3.63) is 11.6 Å². The molecule has 0 saturated heterocycles. The molecule has 10 heteroatoms. The molecule has 2 aromatic heterocycles. The summed E-state index contributed by atoms with van der Waals surface area (Å²) in [5.74, 6) is 1.67. The van der Waals surface area contributed by atoms with E-state index >= 15 is 0 Å². The van der Waals surface area contributed by atoms with Crippen molar-refractivity contribution in [1.82, 2.24) is 24.8 Å². The van der Waals surface area contributed by atoms with E-state index in [1.807, 2.05) is 0 Å². The lowest BCUT2D eigenvalue weighted by atomic mass is 9.80. The molecule has 1 amide bonds. The average molecular weight is 473 g/mol. The first-order chi connectivity index (χ1) is 15.8. The monoisotopic (exact) mass is 472 g/mol. The van der Waals surface area contributed by atoms with Crippen molar-refractivity contribution in [3.63, 3.8) is 0 Å². The van der Waals surface area contributed by atoms with Crippen LogP contribution < -0.4 is 10.6 Å². The fourth-order valence-corrected chi connectivity index (χ4v) is 7.33. The third-order valence-corrected chi connectivity index (χ3v) is 9.38. The topological polar surface area (TPSA) is 125 Å². The Labute approximate surface area is 196 Å². The van der Waals surface area contributed by atoms with E-state index in [0.29, 0.717) is 35.4 Å². The SMILES string of the molecule is CC1(C(=O)NC2CC2)C[C@H]2[C@@H](n3cnc4c(NC5CC6CCC5C6)nc(Cl)nc43)[C@@]2(O)[C@@H]1O. The zero-order valence-corrected chi connectivity index (χ0v) is 19.3. The summed E-state index contributed by atoms with van der Waals surface area (Å²) in [7, 11) is 0. The van der Waals surface area contributed by atoms with Crippen LogP contribution in [0.2, 0.25) is 5.28 Å². The molecule has 5 saturated carbocycles. The van der Waals surface area contributed by atoms with Gasteiger partial charge in [0.05, 0.1) is 23.9 Å². The normalized spacial score (nSPS) is 43.2. The Bertz CT molecular complexity index is 1170. The molecule has 0 spiro atoms. The third kappa shape index (κ3) is 2.79. The van der Waals surface area contributed by atoms with Gasteiger partial charge in [-0.2, -0.15) is 9.97 Å². The lowest BCUT2D eigenvalue weighted by molar-refractivity contribution is -0.141. The van der Waals surface area contributed by atoms with E-state index in [9.17, 15) is 15.0 Å². The zero-order chi connectivity index (χ0) is 22.7. The van der Waals surface area contributed by atoms with Crippen LogP contribution in [-0.2, 0) is 4.79 Å². The van der Waals surface area contributed by atoms with E-state index in [-0.39, 0.29) is 23.2 Å². The van der Waals surface area contributed by atoms with Crippen molar-refractivity contribution in [1.29, 1.82) is 0 Å². The number of rotatable bonds is 5. The maximum atomic E-state index is 12.8. The highest BCUT2D eigenvalue weighted by Crippen LogP contribution is 2.69. The fraction of sp³-hybridized carbons (Fsp3) is 0.739. The molecule has 5 aliphatic rings. The molecule has 33 heavy (non-hydrogen) atoms. The van der Waals surface area contributed by atoms with Crippen molar-refractivity contribution >= 4 is 34.5 Å². The molecule has 4 N–H and O–H groups in total. The number of imidazole rings is 1. The Morgan fingerprint density at radius 2 is 2.06 bits per heavy atom. The van der Waals surface area contributed by atoms with Crippen LogP contribution in [0.4, 0.5) is 5.82 Å². The van der Waals surface area contributed by atoms with Gasteiger partial charge in [-0.15, -0.1) is 0 Å². The maximum Gasteiger partial charge on any atom is 0.228 e. The number of aliphatic hydroxyl groups is 2. The molecule has 9 nitrogen and oxygen atoms in total. The molecular formula is C23H29ClN6O3. The van der Waals surface area contributed by atoms with Gasteiger partial charge in [-0.25, -0.2) is 4.98 Å². The van der Waals surface area contributed by atoms with Crippen molar-refractivity contribution in [2.24, 2.45) is 23.2 Å². The minimum absolute atomic E-state index is 0.127. The van der Waals surface area contributed by atoms with Crippen LogP contribution in [0.15, 0.2) is 6.33 Å². The van der Waals surface area contributed by atoms with Crippen molar-refractivity contribution < 1.29 is 15.0 Å². The summed E-state index contributed by atoms with van der Waals surface area (Å²) in [5, 5.41) is 29.2. The first-order valence-corrected chi connectivity index (χ1v) is 12.5. The summed E-state index contributed by atoms with van der Waals surface area (Å²) in [5.41, 5.74) is -1.22. The summed E-state index contributed by atoms with van der Waals surface area (Å²) in [6.45, 7) is 1.75. The van der Waals surface area contributed by atoms with Gasteiger partial charge in [0, 0.05) is 18.0 Å². The molecule has 2 aromatic rings. The molecule has 8 atom stereocenters. The number of aliphatic hydroxyl groups excluding tert-OH is 1. The van der Waals surface area contributed by atoms with Crippen LogP contribution in [0.3, 0.4) is 0 Å². The van der Waals surface area contributed by atoms with Gasteiger partial charge in [0.2, 0.25) is 11.2 Å². The number of amides is 1. The average Bonchev–Trinajstić information content (AvgIpc) is 3.40. The smallest absolute Gasteiger partial charge is 0.228 e. The van der Waals surface area contributed by atoms with Crippen molar-refractivity contribution in [3.8, 4) is 0 Å². The van der Waals surface area contributed by atoms with Gasteiger partial charge in [0.25, 0.3) is 0 Å². The first kappa shape index (κ1) is 20.4. The summed E-state index contributed by atoms with van der Waals surface area (Å²) < 4.78 is 1.81. The molecule has 5 aliphatic carbocycles. The van der Waals surface area contributed by atoms with E-state index in [2.05, 4.69) is 25.6 Å². The minimum Gasteiger partial charge on any atom is -0.389 e. The molecule has 4 unspecified atom stereocenters. The second-order valence-corrected chi connectivity index (χ2v) is 11.6. The van der Waals surface area contributed by atoms with Gasteiger partial charge in [-0.05, 0) is 68.9 Å². The fourth-order valence-electron chi connectivity index (χ4n) is 7.17. The molecule has 176 valence electrons. The van der Waals surface area contributed by atoms with E-state index in [1.165, 1.54) is 19.3 Å². The van der Waals surface area contributed by atoms with E-state index < -0.39 is 23.2 Å². The van der Waals surface area contributed by atoms with Gasteiger partial charge in [-0.1, -0.05) is 6.42 Å². The molecule has 2 bridgehead atoms. The first-order valence-electron chi connectivity index (χ1n) is 12.2. The number of hydrogen-bond donors (Lipinski definition) is 4. The number of halogens is 1. The summed E-state index contributed by atoms with van der Waals surface area (Å²) in [6.07, 6.45) is 7.84. The number of carbonyl (C=O) groups is 1. The van der Waals surface area contributed by atoms with Gasteiger partial charge in [-0.3, -0.25) is 4.79 Å².